The largest absolute Gasteiger partial charge is 0.445 e. The van der Waals surface area contributed by atoms with Crippen molar-refractivity contribution in [3.8, 4) is 0 Å². The van der Waals surface area contributed by atoms with Gasteiger partial charge in [0, 0.05) is 5.33 Å². The molecular formula is C34H34BrNO4. The molecule has 0 saturated heterocycles. The van der Waals surface area contributed by atoms with E-state index in [1.54, 1.807) is 0 Å². The summed E-state index contributed by atoms with van der Waals surface area (Å²) in [6, 6.07) is 39.0. The molecule has 0 radical (unpaired) electrons. The van der Waals surface area contributed by atoms with Crippen molar-refractivity contribution in [1.29, 1.82) is 0 Å². The maximum absolute atomic E-state index is 13.0. The molecule has 0 bridgehead atoms. The van der Waals surface area contributed by atoms with Crippen molar-refractivity contribution < 1.29 is 19.0 Å². The topological polar surface area (TPSA) is 56.8 Å². The molecule has 4 aromatic rings. The predicted octanol–water partition coefficient (Wildman–Crippen LogP) is 7.56. The van der Waals surface area contributed by atoms with E-state index in [0.29, 0.717) is 18.5 Å². The van der Waals surface area contributed by atoms with E-state index >= 15 is 0 Å². The van der Waals surface area contributed by atoms with E-state index in [-0.39, 0.29) is 12.7 Å². The minimum atomic E-state index is -0.537. The number of carbonyl (C=O) groups is 1. The fourth-order valence-corrected chi connectivity index (χ4v) is 4.69. The van der Waals surface area contributed by atoms with Gasteiger partial charge in [0.2, 0.25) is 0 Å². The van der Waals surface area contributed by atoms with Crippen LogP contribution in [0.25, 0.3) is 6.08 Å². The molecule has 5 nitrogen and oxygen atoms in total. The summed E-state index contributed by atoms with van der Waals surface area (Å²) >= 11 is 3.64. The lowest BCUT2D eigenvalue weighted by Gasteiger charge is -2.32. The highest BCUT2D eigenvalue weighted by Crippen LogP contribution is 2.19. The van der Waals surface area contributed by atoms with Gasteiger partial charge in [0.1, 0.15) is 12.7 Å². The van der Waals surface area contributed by atoms with Gasteiger partial charge >= 0.3 is 6.09 Å². The summed E-state index contributed by atoms with van der Waals surface area (Å²) in [5.41, 5.74) is 4.01. The summed E-state index contributed by atoms with van der Waals surface area (Å²) in [5, 5.41) is 3.54. The fourth-order valence-electron chi connectivity index (χ4n) is 4.13. The Labute approximate surface area is 244 Å². The number of carbonyl (C=O) groups excluding carboxylic acids is 1. The molecule has 6 heteroatoms. The van der Waals surface area contributed by atoms with Gasteiger partial charge in [-0.3, -0.25) is 0 Å². The van der Waals surface area contributed by atoms with Gasteiger partial charge in [0.15, 0.2) is 0 Å². The molecule has 0 heterocycles. The van der Waals surface area contributed by atoms with Gasteiger partial charge in [0.05, 0.1) is 25.4 Å². The van der Waals surface area contributed by atoms with Crippen molar-refractivity contribution in [1.82, 2.24) is 5.32 Å². The molecular weight excluding hydrogens is 566 g/mol. The van der Waals surface area contributed by atoms with Crippen LogP contribution >= 0.6 is 15.9 Å². The van der Waals surface area contributed by atoms with Crippen molar-refractivity contribution in [3.05, 3.63) is 150 Å². The highest BCUT2D eigenvalue weighted by molar-refractivity contribution is 9.09. The van der Waals surface area contributed by atoms with Crippen LogP contribution in [0.5, 0.6) is 0 Å². The zero-order valence-corrected chi connectivity index (χ0v) is 23.9. The predicted molar refractivity (Wildman–Crippen MR) is 163 cm³/mol. The minimum absolute atomic E-state index is 0.170. The number of hydrogen-bond donors (Lipinski definition) is 1. The zero-order valence-electron chi connectivity index (χ0n) is 22.3. The van der Waals surface area contributed by atoms with Crippen LogP contribution in [0.2, 0.25) is 0 Å². The molecule has 0 saturated carbocycles. The molecule has 3 atom stereocenters. The van der Waals surface area contributed by atoms with Crippen LogP contribution in [-0.4, -0.2) is 29.7 Å². The van der Waals surface area contributed by atoms with Crippen molar-refractivity contribution in [2.24, 2.45) is 0 Å². The first-order valence-electron chi connectivity index (χ1n) is 13.3. The van der Waals surface area contributed by atoms with E-state index in [0.717, 1.165) is 22.3 Å². The Balaban J connectivity index is 1.56. The van der Waals surface area contributed by atoms with Crippen molar-refractivity contribution in [2.45, 2.75) is 38.1 Å². The Morgan fingerprint density at radius 1 is 0.675 bits per heavy atom. The van der Waals surface area contributed by atoms with Gasteiger partial charge in [-0.2, -0.15) is 0 Å². The quantitative estimate of drug-likeness (QED) is 0.152. The normalized spacial score (nSPS) is 13.4. The average molecular weight is 601 g/mol. The average Bonchev–Trinajstić information content (AvgIpc) is 3.02. The van der Waals surface area contributed by atoms with Crippen molar-refractivity contribution in [3.63, 3.8) is 0 Å². The smallest absolute Gasteiger partial charge is 0.408 e. The lowest BCUT2D eigenvalue weighted by atomic mass is 10.0. The van der Waals surface area contributed by atoms with Crippen LogP contribution in [0.15, 0.2) is 127 Å². The molecule has 0 aliphatic heterocycles. The summed E-state index contributed by atoms with van der Waals surface area (Å²) < 4.78 is 18.5. The summed E-state index contributed by atoms with van der Waals surface area (Å²) in [6.07, 6.45) is 2.49. The van der Waals surface area contributed by atoms with Gasteiger partial charge in [-0.15, -0.1) is 0 Å². The Kier molecular flexibility index (Phi) is 12.0. The summed E-state index contributed by atoms with van der Waals surface area (Å²) in [6.45, 7) is 0.944. The van der Waals surface area contributed by atoms with E-state index in [4.69, 9.17) is 14.2 Å². The highest BCUT2D eigenvalue weighted by atomic mass is 79.9. The van der Waals surface area contributed by atoms with Crippen LogP contribution < -0.4 is 5.32 Å². The second-order valence-electron chi connectivity index (χ2n) is 9.25. The Bertz CT molecular complexity index is 1290. The summed E-state index contributed by atoms with van der Waals surface area (Å²) in [7, 11) is 0. The van der Waals surface area contributed by atoms with Gasteiger partial charge in [-0.25, -0.2) is 4.79 Å². The maximum Gasteiger partial charge on any atom is 0.408 e. The monoisotopic (exact) mass is 599 g/mol. The number of hydrogen-bond acceptors (Lipinski definition) is 4. The standard InChI is InChI=1S/C34H34BrNO4/c35-23-32(38-24-28-15-7-2-8-16-28)33(39-25-29-17-9-3-10-18-29)31(22-21-27-13-5-1-6-14-27)36-34(37)40-26-30-19-11-4-12-20-30/h1-22,31-33H,23-26H2,(H,36,37)/b22-21+/t31-,32-,33-/m1/s1. The van der Waals surface area contributed by atoms with Crippen LogP contribution in [-0.2, 0) is 34.0 Å². The van der Waals surface area contributed by atoms with Crippen LogP contribution in [0.4, 0.5) is 4.79 Å². The van der Waals surface area contributed by atoms with Gasteiger partial charge in [-0.05, 0) is 22.3 Å². The molecule has 0 unspecified atom stereocenters. The first-order chi connectivity index (χ1) is 19.7. The minimum Gasteiger partial charge on any atom is -0.445 e. The molecule has 0 fully saturated rings. The molecule has 1 amide bonds. The Morgan fingerprint density at radius 2 is 1.15 bits per heavy atom. The third-order valence-electron chi connectivity index (χ3n) is 6.26. The first kappa shape index (κ1) is 29.3. The lowest BCUT2D eigenvalue weighted by molar-refractivity contribution is -0.0827. The number of halogens is 1. The molecule has 40 heavy (non-hydrogen) atoms. The van der Waals surface area contributed by atoms with Crippen LogP contribution in [0.1, 0.15) is 22.3 Å². The molecule has 4 aromatic carbocycles. The molecule has 1 N–H and O–H groups in total. The van der Waals surface area contributed by atoms with Crippen molar-refractivity contribution in [2.75, 3.05) is 5.33 Å². The number of amides is 1. The van der Waals surface area contributed by atoms with Gasteiger partial charge in [0.25, 0.3) is 0 Å². The van der Waals surface area contributed by atoms with E-state index in [9.17, 15) is 4.79 Å². The molecule has 0 aromatic heterocycles. The summed E-state index contributed by atoms with van der Waals surface area (Å²) in [4.78, 5) is 13.0. The SMILES string of the molecule is O=C(N[C@H](/C=C/c1ccccc1)[C@@H](OCc1ccccc1)[C@@H](CBr)OCc1ccccc1)OCc1ccccc1. The van der Waals surface area contributed by atoms with Gasteiger partial charge < -0.3 is 19.5 Å². The number of alkyl halides is 1. The molecule has 0 aliphatic rings. The van der Waals surface area contributed by atoms with E-state index in [1.807, 2.05) is 133 Å². The zero-order chi connectivity index (χ0) is 27.8. The van der Waals surface area contributed by atoms with Crippen LogP contribution in [0.3, 0.4) is 0 Å². The first-order valence-corrected chi connectivity index (χ1v) is 14.4. The van der Waals surface area contributed by atoms with E-state index in [1.165, 1.54) is 0 Å². The lowest BCUT2D eigenvalue weighted by Crippen LogP contribution is -2.50. The molecule has 4 rings (SSSR count). The fraction of sp³-hybridized carbons (Fsp3) is 0.206. The summed E-state index contributed by atoms with van der Waals surface area (Å²) in [5.74, 6) is 0. The number of rotatable bonds is 14. The van der Waals surface area contributed by atoms with E-state index < -0.39 is 18.2 Å². The Hall–Kier alpha value is -3.71. The molecule has 0 aliphatic carbocycles. The van der Waals surface area contributed by atoms with Crippen molar-refractivity contribution >= 4 is 28.1 Å². The van der Waals surface area contributed by atoms with Gasteiger partial charge in [-0.1, -0.05) is 149 Å². The molecule has 206 valence electrons. The highest BCUT2D eigenvalue weighted by Gasteiger charge is 2.31. The van der Waals surface area contributed by atoms with E-state index in [2.05, 4.69) is 21.2 Å². The third-order valence-corrected chi connectivity index (χ3v) is 6.90. The van der Waals surface area contributed by atoms with Crippen LogP contribution in [0, 0.1) is 0 Å². The Morgan fingerprint density at radius 3 is 1.68 bits per heavy atom. The number of alkyl carbamates (subject to hydrolysis) is 1. The number of nitrogens with one attached hydrogen (secondary N) is 1. The number of benzene rings is 4. The second-order valence-corrected chi connectivity index (χ2v) is 9.90. The third kappa shape index (κ3) is 9.79. The maximum atomic E-state index is 13.0. The second kappa shape index (κ2) is 16.4. The number of ether oxygens (including phenoxy) is 3. The molecule has 0 spiro atoms.